The molecule has 0 saturated carbocycles. The van der Waals surface area contributed by atoms with E-state index in [2.05, 4.69) is 48.5 Å². The molecule has 0 aliphatic heterocycles. The summed E-state index contributed by atoms with van der Waals surface area (Å²) in [7, 11) is 0. The summed E-state index contributed by atoms with van der Waals surface area (Å²) in [5.41, 5.74) is 1.16. The Morgan fingerprint density at radius 2 is 1.56 bits per heavy atom. The molecule has 0 unspecified atom stereocenters. The third-order valence-electron chi connectivity index (χ3n) is 2.12. The molecule has 16 heavy (non-hydrogen) atoms. The fraction of sp³-hybridized carbons (Fsp3) is 0.0769. The Hall–Kier alpha value is -0.231. The molecular formula is C13H11ClSe2. The Bertz CT molecular complexity index is 469. The molecule has 0 atom stereocenters. The van der Waals surface area contributed by atoms with Crippen LogP contribution in [0.2, 0.25) is 5.02 Å². The van der Waals surface area contributed by atoms with E-state index < -0.39 is 0 Å². The predicted molar refractivity (Wildman–Crippen MR) is 73.4 cm³/mol. The number of aryl methyl sites for hydroxylation is 1. The van der Waals surface area contributed by atoms with Gasteiger partial charge in [0.1, 0.15) is 0 Å². The molecule has 0 bridgehead atoms. The Kier molecular flexibility index (Phi) is 4.52. The van der Waals surface area contributed by atoms with E-state index in [9.17, 15) is 0 Å². The van der Waals surface area contributed by atoms with Crippen LogP contribution in [-0.2, 0) is 0 Å². The fourth-order valence-corrected chi connectivity index (χ4v) is 7.54. The molecule has 0 heterocycles. The van der Waals surface area contributed by atoms with Crippen molar-refractivity contribution in [2.75, 3.05) is 0 Å². The molecule has 0 nitrogen and oxygen atoms in total. The average molecular weight is 361 g/mol. The Morgan fingerprint density at radius 3 is 2.25 bits per heavy atom. The van der Waals surface area contributed by atoms with E-state index in [-0.39, 0.29) is 0 Å². The van der Waals surface area contributed by atoms with Crippen LogP contribution in [0.5, 0.6) is 0 Å². The van der Waals surface area contributed by atoms with Crippen molar-refractivity contribution < 1.29 is 0 Å². The summed E-state index contributed by atoms with van der Waals surface area (Å²) in [6, 6.07) is 17.1. The molecule has 2 aromatic rings. The van der Waals surface area contributed by atoms with E-state index in [0.29, 0.717) is 26.3 Å². The molecule has 0 aliphatic rings. The number of rotatable bonds is 3. The molecule has 3 heteroatoms. The van der Waals surface area contributed by atoms with Crippen molar-refractivity contribution in [2.24, 2.45) is 0 Å². The molecule has 0 fully saturated rings. The molecule has 0 spiro atoms. The van der Waals surface area contributed by atoms with Gasteiger partial charge in [-0.1, -0.05) is 0 Å². The van der Waals surface area contributed by atoms with Gasteiger partial charge in [0, 0.05) is 0 Å². The third kappa shape index (κ3) is 3.38. The van der Waals surface area contributed by atoms with E-state index in [1.54, 1.807) is 0 Å². The monoisotopic (exact) mass is 362 g/mol. The van der Waals surface area contributed by atoms with Gasteiger partial charge in [0.2, 0.25) is 0 Å². The van der Waals surface area contributed by atoms with Crippen LogP contribution in [0.1, 0.15) is 5.56 Å². The zero-order chi connectivity index (χ0) is 11.4. The van der Waals surface area contributed by atoms with E-state index in [1.165, 1.54) is 8.92 Å². The summed E-state index contributed by atoms with van der Waals surface area (Å²) in [6.45, 7) is 2.04. The van der Waals surface area contributed by atoms with Gasteiger partial charge >= 0.3 is 113 Å². The summed E-state index contributed by atoms with van der Waals surface area (Å²) < 4.78 is 2.86. The van der Waals surface area contributed by atoms with Crippen molar-refractivity contribution in [2.45, 2.75) is 6.92 Å². The summed E-state index contributed by atoms with van der Waals surface area (Å²) in [6.07, 6.45) is 0. The van der Waals surface area contributed by atoms with Crippen LogP contribution in [0, 0.1) is 6.92 Å². The molecule has 0 aliphatic carbocycles. The van der Waals surface area contributed by atoms with Gasteiger partial charge in [0.05, 0.1) is 0 Å². The van der Waals surface area contributed by atoms with Crippen molar-refractivity contribution in [1.29, 1.82) is 0 Å². The van der Waals surface area contributed by atoms with Crippen LogP contribution in [0.15, 0.2) is 48.5 Å². The Morgan fingerprint density at radius 1 is 0.875 bits per heavy atom. The first-order valence-electron chi connectivity index (χ1n) is 4.91. The second-order valence-corrected chi connectivity index (χ2v) is 10.1. The van der Waals surface area contributed by atoms with Crippen molar-refractivity contribution in [3.8, 4) is 0 Å². The standard InChI is InChI=1S/C13H11ClSe2/c1-10-7-8-12(9-13(10)14)16-15-11-5-3-2-4-6-11/h2-9H,1H3. The van der Waals surface area contributed by atoms with E-state index in [1.807, 2.05) is 6.92 Å². The summed E-state index contributed by atoms with van der Waals surface area (Å²) in [5, 5.41) is 0.892. The first-order chi connectivity index (χ1) is 7.75. The quantitative estimate of drug-likeness (QED) is 0.734. The first-order valence-corrected chi connectivity index (χ1v) is 11.3. The molecule has 2 rings (SSSR count). The van der Waals surface area contributed by atoms with Gasteiger partial charge in [-0.2, -0.15) is 0 Å². The topological polar surface area (TPSA) is 0 Å². The SMILES string of the molecule is Cc1ccc([Se][Se]c2ccccc2)cc1Cl. The Labute approximate surface area is 112 Å². The molecule has 0 saturated heterocycles. The zero-order valence-corrected chi connectivity index (χ0v) is 13.0. The number of halogens is 1. The van der Waals surface area contributed by atoms with Crippen molar-refractivity contribution in [3.05, 3.63) is 59.1 Å². The Balaban J connectivity index is 2.03. The van der Waals surface area contributed by atoms with Gasteiger partial charge in [-0.25, -0.2) is 0 Å². The second kappa shape index (κ2) is 5.91. The molecule has 0 radical (unpaired) electrons. The van der Waals surface area contributed by atoms with E-state index >= 15 is 0 Å². The van der Waals surface area contributed by atoms with Crippen LogP contribution in [0.3, 0.4) is 0 Å². The van der Waals surface area contributed by atoms with Crippen molar-refractivity contribution >= 4 is 46.8 Å². The molecule has 2 aromatic carbocycles. The van der Waals surface area contributed by atoms with Crippen LogP contribution in [0.4, 0.5) is 0 Å². The second-order valence-electron chi connectivity index (χ2n) is 3.39. The van der Waals surface area contributed by atoms with Crippen LogP contribution < -0.4 is 8.92 Å². The van der Waals surface area contributed by atoms with Crippen molar-refractivity contribution in [3.63, 3.8) is 0 Å². The van der Waals surface area contributed by atoms with Gasteiger partial charge in [-0.3, -0.25) is 0 Å². The molecular weight excluding hydrogens is 350 g/mol. The molecule has 0 aromatic heterocycles. The van der Waals surface area contributed by atoms with Crippen molar-refractivity contribution in [1.82, 2.24) is 0 Å². The third-order valence-corrected chi connectivity index (χ3v) is 9.72. The molecule has 82 valence electrons. The zero-order valence-electron chi connectivity index (χ0n) is 8.81. The fourth-order valence-electron chi connectivity index (χ4n) is 1.20. The molecule has 0 N–H and O–H groups in total. The number of benzene rings is 2. The van der Waals surface area contributed by atoms with Gasteiger partial charge in [-0.05, 0) is 0 Å². The van der Waals surface area contributed by atoms with E-state index in [4.69, 9.17) is 11.6 Å². The number of hydrogen-bond acceptors (Lipinski definition) is 0. The van der Waals surface area contributed by atoms with Gasteiger partial charge < -0.3 is 0 Å². The van der Waals surface area contributed by atoms with Crippen LogP contribution >= 0.6 is 11.6 Å². The summed E-state index contributed by atoms with van der Waals surface area (Å²) in [4.78, 5) is 0. The van der Waals surface area contributed by atoms with Gasteiger partial charge in [-0.15, -0.1) is 0 Å². The maximum absolute atomic E-state index is 6.11. The van der Waals surface area contributed by atoms with Crippen LogP contribution in [-0.4, -0.2) is 26.3 Å². The van der Waals surface area contributed by atoms with Gasteiger partial charge in [0.25, 0.3) is 0 Å². The minimum atomic E-state index is 0.533. The van der Waals surface area contributed by atoms with E-state index in [0.717, 1.165) is 10.6 Å². The summed E-state index contributed by atoms with van der Waals surface area (Å²) in [5.74, 6) is 0. The minimum absolute atomic E-state index is 0.533. The summed E-state index contributed by atoms with van der Waals surface area (Å²) >= 11 is 7.21. The normalized spacial score (nSPS) is 10.4. The average Bonchev–Trinajstić information content (AvgIpc) is 2.32. The van der Waals surface area contributed by atoms with Crippen LogP contribution in [0.25, 0.3) is 0 Å². The number of hydrogen-bond donors (Lipinski definition) is 0. The predicted octanol–water partition coefficient (Wildman–Crippen LogP) is 1.92. The molecule has 0 amide bonds. The first kappa shape index (κ1) is 12.2. The maximum atomic E-state index is 6.11. The van der Waals surface area contributed by atoms with Gasteiger partial charge in [0.15, 0.2) is 0 Å².